The second-order valence-electron chi connectivity index (χ2n) is 3.74. The molecule has 1 aromatic carbocycles. The van der Waals surface area contributed by atoms with Gasteiger partial charge < -0.3 is 15.4 Å². The smallest absolute Gasteiger partial charge is 0.116 e. The van der Waals surface area contributed by atoms with Crippen LogP contribution < -0.4 is 5.32 Å². The molecule has 1 aliphatic rings. The van der Waals surface area contributed by atoms with Gasteiger partial charge in [-0.05, 0) is 23.8 Å². The molecule has 0 amide bonds. The minimum Gasteiger partial charge on any atom is -0.508 e. The van der Waals surface area contributed by atoms with Crippen LogP contribution in [0.2, 0.25) is 0 Å². The van der Waals surface area contributed by atoms with Crippen molar-refractivity contribution >= 4 is 23.3 Å². The molecule has 3 rings (SSSR count). The van der Waals surface area contributed by atoms with E-state index in [1.165, 1.54) is 11.3 Å². The number of phenols is 1. The van der Waals surface area contributed by atoms with Gasteiger partial charge in [0, 0.05) is 36.1 Å². The number of aromatic nitrogens is 1. The lowest BCUT2D eigenvalue weighted by molar-refractivity contribution is 0.476. The highest BCUT2D eigenvalue weighted by atomic mass is 35.5. The summed E-state index contributed by atoms with van der Waals surface area (Å²) in [6.07, 6.45) is 1.05. The Morgan fingerprint density at radius 2 is 2.13 bits per heavy atom. The van der Waals surface area contributed by atoms with Gasteiger partial charge >= 0.3 is 0 Å². The predicted octanol–water partition coefficient (Wildman–Crippen LogP) is 1.94. The van der Waals surface area contributed by atoms with Crippen molar-refractivity contribution in [3.63, 3.8) is 0 Å². The van der Waals surface area contributed by atoms with Gasteiger partial charge in [0.25, 0.3) is 0 Å². The number of aromatic amines is 1. The van der Waals surface area contributed by atoms with Gasteiger partial charge in [-0.1, -0.05) is 0 Å². The molecule has 0 fully saturated rings. The van der Waals surface area contributed by atoms with Crippen molar-refractivity contribution in [1.29, 1.82) is 0 Å². The molecular weight excluding hydrogens is 212 g/mol. The summed E-state index contributed by atoms with van der Waals surface area (Å²) in [7, 11) is 0. The van der Waals surface area contributed by atoms with E-state index in [1.54, 1.807) is 6.07 Å². The summed E-state index contributed by atoms with van der Waals surface area (Å²) in [5.41, 5.74) is 3.74. The van der Waals surface area contributed by atoms with E-state index in [4.69, 9.17) is 0 Å². The predicted molar refractivity (Wildman–Crippen MR) is 62.6 cm³/mol. The summed E-state index contributed by atoms with van der Waals surface area (Å²) in [6.45, 7) is 1.94. The molecule has 0 aliphatic carbocycles. The fourth-order valence-corrected chi connectivity index (χ4v) is 2.13. The van der Waals surface area contributed by atoms with Crippen molar-refractivity contribution in [3.05, 3.63) is 29.5 Å². The first kappa shape index (κ1) is 10.3. The van der Waals surface area contributed by atoms with E-state index in [1.807, 2.05) is 12.1 Å². The lowest BCUT2D eigenvalue weighted by atomic mass is 10.1. The maximum atomic E-state index is 9.42. The van der Waals surface area contributed by atoms with Crippen molar-refractivity contribution in [2.45, 2.75) is 13.0 Å². The SMILES string of the molecule is Cl.Oc1ccc2[nH]c3c(c2c1)CNCC3. The fourth-order valence-electron chi connectivity index (χ4n) is 2.13. The van der Waals surface area contributed by atoms with E-state index >= 15 is 0 Å². The van der Waals surface area contributed by atoms with E-state index in [0.717, 1.165) is 30.4 Å². The molecule has 2 heterocycles. The molecule has 0 saturated heterocycles. The number of phenolic OH excluding ortho intramolecular Hbond substituents is 1. The molecule has 15 heavy (non-hydrogen) atoms. The fraction of sp³-hybridized carbons (Fsp3) is 0.273. The lowest BCUT2D eigenvalue weighted by Gasteiger charge is -2.12. The normalized spacial score (nSPS) is 14.7. The average Bonchev–Trinajstić information content (AvgIpc) is 2.56. The van der Waals surface area contributed by atoms with Crippen molar-refractivity contribution < 1.29 is 5.11 Å². The summed E-state index contributed by atoms with van der Waals surface area (Å²) < 4.78 is 0. The monoisotopic (exact) mass is 224 g/mol. The first-order valence-electron chi connectivity index (χ1n) is 4.88. The van der Waals surface area contributed by atoms with E-state index < -0.39 is 0 Å². The summed E-state index contributed by atoms with van der Waals surface area (Å²) in [5, 5.41) is 13.9. The Balaban J connectivity index is 0.000000853. The van der Waals surface area contributed by atoms with Crippen LogP contribution in [0, 0.1) is 0 Å². The van der Waals surface area contributed by atoms with E-state index in [2.05, 4.69) is 10.3 Å². The molecule has 3 N–H and O–H groups in total. The zero-order valence-corrected chi connectivity index (χ0v) is 9.03. The number of fused-ring (bicyclic) bond motifs is 3. The van der Waals surface area contributed by atoms with Crippen LogP contribution in [0.5, 0.6) is 5.75 Å². The van der Waals surface area contributed by atoms with Crippen molar-refractivity contribution in [2.75, 3.05) is 6.54 Å². The Hall–Kier alpha value is -1.19. The van der Waals surface area contributed by atoms with Gasteiger partial charge in [-0.2, -0.15) is 0 Å². The van der Waals surface area contributed by atoms with Gasteiger partial charge in [0.1, 0.15) is 5.75 Å². The second kappa shape index (κ2) is 3.76. The van der Waals surface area contributed by atoms with Gasteiger partial charge in [-0.25, -0.2) is 0 Å². The Labute approximate surface area is 93.9 Å². The molecule has 0 bridgehead atoms. The van der Waals surface area contributed by atoms with E-state index in [9.17, 15) is 5.11 Å². The molecule has 1 aliphatic heterocycles. The highest BCUT2D eigenvalue weighted by Gasteiger charge is 2.14. The van der Waals surface area contributed by atoms with Gasteiger partial charge in [0.05, 0.1) is 0 Å². The van der Waals surface area contributed by atoms with Gasteiger partial charge in [0.15, 0.2) is 0 Å². The van der Waals surface area contributed by atoms with Crippen LogP contribution in [-0.4, -0.2) is 16.6 Å². The number of hydrogen-bond donors (Lipinski definition) is 3. The third-order valence-corrected chi connectivity index (χ3v) is 2.83. The van der Waals surface area contributed by atoms with Crippen LogP contribution in [0.1, 0.15) is 11.3 Å². The molecule has 0 spiro atoms. The Morgan fingerprint density at radius 3 is 3.00 bits per heavy atom. The number of nitrogens with one attached hydrogen (secondary N) is 2. The molecule has 0 saturated carbocycles. The van der Waals surface area contributed by atoms with Crippen LogP contribution in [0.15, 0.2) is 18.2 Å². The third-order valence-electron chi connectivity index (χ3n) is 2.83. The minimum absolute atomic E-state index is 0. The Bertz CT molecular complexity index is 493. The van der Waals surface area contributed by atoms with Gasteiger partial charge in [0.2, 0.25) is 0 Å². The second-order valence-corrected chi connectivity index (χ2v) is 3.74. The average molecular weight is 225 g/mol. The van der Waals surface area contributed by atoms with E-state index in [0.29, 0.717) is 5.75 Å². The molecule has 2 aromatic rings. The number of benzene rings is 1. The molecule has 3 nitrogen and oxygen atoms in total. The maximum absolute atomic E-state index is 9.42. The molecule has 0 atom stereocenters. The van der Waals surface area contributed by atoms with Gasteiger partial charge in [-0.3, -0.25) is 0 Å². The van der Waals surface area contributed by atoms with Crippen molar-refractivity contribution in [1.82, 2.24) is 10.3 Å². The number of hydrogen-bond acceptors (Lipinski definition) is 2. The summed E-state index contributed by atoms with van der Waals surface area (Å²) in [6, 6.07) is 5.48. The van der Waals surface area contributed by atoms with Crippen LogP contribution in [0.4, 0.5) is 0 Å². The van der Waals surface area contributed by atoms with Crippen LogP contribution in [0.3, 0.4) is 0 Å². The van der Waals surface area contributed by atoms with Crippen LogP contribution in [-0.2, 0) is 13.0 Å². The number of aromatic hydroxyl groups is 1. The summed E-state index contributed by atoms with van der Waals surface area (Å²) in [4.78, 5) is 3.39. The number of H-pyrrole nitrogens is 1. The van der Waals surface area contributed by atoms with Crippen LogP contribution in [0.25, 0.3) is 10.9 Å². The highest BCUT2D eigenvalue weighted by Crippen LogP contribution is 2.27. The molecule has 0 radical (unpaired) electrons. The maximum Gasteiger partial charge on any atom is 0.116 e. The quantitative estimate of drug-likeness (QED) is 0.641. The zero-order chi connectivity index (χ0) is 9.54. The minimum atomic E-state index is 0. The standard InChI is InChI=1S/C11H12N2O.ClH/c14-7-1-2-10-8(5-7)9-6-12-4-3-11(9)13-10;/h1-2,5,12-14H,3-4,6H2;1H. The topological polar surface area (TPSA) is 48.0 Å². The lowest BCUT2D eigenvalue weighted by Crippen LogP contribution is -2.22. The molecule has 1 aromatic heterocycles. The Kier molecular flexibility index (Phi) is 2.59. The van der Waals surface area contributed by atoms with Crippen LogP contribution >= 0.6 is 12.4 Å². The number of halogens is 1. The number of rotatable bonds is 0. The Morgan fingerprint density at radius 1 is 1.27 bits per heavy atom. The zero-order valence-electron chi connectivity index (χ0n) is 8.21. The van der Waals surface area contributed by atoms with Crippen molar-refractivity contribution in [2.24, 2.45) is 0 Å². The summed E-state index contributed by atoms with van der Waals surface area (Å²) >= 11 is 0. The molecular formula is C11H13ClN2O. The van der Waals surface area contributed by atoms with E-state index in [-0.39, 0.29) is 12.4 Å². The summed E-state index contributed by atoms with van der Waals surface area (Å²) in [5.74, 6) is 0.338. The first-order chi connectivity index (χ1) is 6.84. The molecule has 4 heteroatoms. The first-order valence-corrected chi connectivity index (χ1v) is 4.88. The third kappa shape index (κ3) is 1.58. The van der Waals surface area contributed by atoms with Gasteiger partial charge in [-0.15, -0.1) is 12.4 Å². The molecule has 0 unspecified atom stereocenters. The largest absolute Gasteiger partial charge is 0.508 e. The molecule has 80 valence electrons. The van der Waals surface area contributed by atoms with Crippen molar-refractivity contribution in [3.8, 4) is 5.75 Å². The highest BCUT2D eigenvalue weighted by molar-refractivity contribution is 5.86.